The Kier molecular flexibility index (Phi) is 4.93. The Morgan fingerprint density at radius 3 is 2.33 bits per heavy atom. The molecular weight excluding hydrogens is 289 g/mol. The molecule has 0 aliphatic carbocycles. The van der Waals surface area contributed by atoms with Gasteiger partial charge in [-0.05, 0) is 26.8 Å². The zero-order valence-corrected chi connectivity index (χ0v) is 11.7. The maximum absolute atomic E-state index is 12.4. The van der Waals surface area contributed by atoms with E-state index in [1.165, 1.54) is 0 Å². The molecule has 5 nitrogen and oxygen atoms in total. The van der Waals surface area contributed by atoms with Crippen LogP contribution in [0.4, 0.5) is 18.0 Å². The molecular formula is C13H15F3N2O3. The minimum atomic E-state index is -4.56. The van der Waals surface area contributed by atoms with Gasteiger partial charge in [-0.15, -0.1) is 0 Å². The van der Waals surface area contributed by atoms with Gasteiger partial charge in [0.15, 0.2) is 0 Å². The molecule has 0 aliphatic rings. The fourth-order valence-corrected chi connectivity index (χ4v) is 1.39. The molecule has 1 unspecified atom stereocenters. The van der Waals surface area contributed by atoms with Crippen LogP contribution in [0.15, 0.2) is 18.3 Å². The lowest BCUT2D eigenvalue weighted by Gasteiger charge is -2.21. The molecule has 8 heteroatoms. The summed E-state index contributed by atoms with van der Waals surface area (Å²) < 4.78 is 42.1. The highest BCUT2D eigenvalue weighted by Crippen LogP contribution is 2.27. The number of carbonyl (C=O) groups excluding carboxylic acids is 2. The lowest BCUT2D eigenvalue weighted by molar-refractivity contribution is -0.141. The number of nitrogens with zero attached hydrogens (tertiary/aromatic N) is 1. The van der Waals surface area contributed by atoms with Gasteiger partial charge in [0, 0.05) is 11.8 Å². The van der Waals surface area contributed by atoms with Crippen molar-refractivity contribution in [2.24, 2.45) is 0 Å². The molecule has 1 rings (SSSR count). The normalized spacial score (nSPS) is 13.4. The topological polar surface area (TPSA) is 68.3 Å². The third kappa shape index (κ3) is 5.41. The molecule has 1 aromatic heterocycles. The Balaban J connectivity index is 2.81. The summed E-state index contributed by atoms with van der Waals surface area (Å²) in [7, 11) is 0. The summed E-state index contributed by atoms with van der Waals surface area (Å²) in [6, 6.07) is 0.684. The van der Waals surface area contributed by atoms with Crippen LogP contribution in [0.25, 0.3) is 0 Å². The van der Waals surface area contributed by atoms with Crippen LogP contribution in [0.1, 0.15) is 38.1 Å². The van der Waals surface area contributed by atoms with Gasteiger partial charge in [0.25, 0.3) is 0 Å². The molecule has 0 fully saturated rings. The number of alkyl halides is 3. The molecule has 1 heterocycles. The van der Waals surface area contributed by atoms with E-state index in [0.29, 0.717) is 6.29 Å². The van der Waals surface area contributed by atoms with Gasteiger partial charge in [0.2, 0.25) is 0 Å². The van der Waals surface area contributed by atoms with Gasteiger partial charge in [-0.25, -0.2) is 4.79 Å². The molecule has 1 amide bonds. The van der Waals surface area contributed by atoms with Gasteiger partial charge in [-0.3, -0.25) is 4.98 Å². The molecule has 116 valence electrons. The molecule has 1 N–H and O–H groups in total. The zero-order chi connectivity index (χ0) is 16.3. The van der Waals surface area contributed by atoms with Crippen molar-refractivity contribution < 1.29 is 27.5 Å². The Morgan fingerprint density at radius 1 is 1.33 bits per heavy atom. The number of hydrogen-bond donors (Lipinski definition) is 1. The number of ether oxygens (including phenoxy) is 1. The summed E-state index contributed by atoms with van der Waals surface area (Å²) in [6.07, 6.45) is -4.14. The number of amides is 1. The highest BCUT2D eigenvalue weighted by molar-refractivity contribution is 5.74. The van der Waals surface area contributed by atoms with Gasteiger partial charge in [0.05, 0.1) is 0 Å². The number of nitrogens with one attached hydrogen (secondary N) is 1. The summed E-state index contributed by atoms with van der Waals surface area (Å²) in [5, 5.41) is 2.25. The average Bonchev–Trinajstić information content (AvgIpc) is 2.33. The smallest absolute Gasteiger partial charge is 0.433 e. The number of carbonyl (C=O) groups is 2. The fourth-order valence-electron chi connectivity index (χ4n) is 1.39. The van der Waals surface area contributed by atoms with Crippen molar-refractivity contribution in [1.82, 2.24) is 10.3 Å². The summed E-state index contributed by atoms with van der Waals surface area (Å²) in [6.45, 7) is 4.92. The van der Waals surface area contributed by atoms with Crippen LogP contribution < -0.4 is 5.32 Å². The van der Waals surface area contributed by atoms with E-state index in [9.17, 15) is 22.8 Å². The van der Waals surface area contributed by atoms with E-state index in [2.05, 4.69) is 10.3 Å². The minimum absolute atomic E-state index is 0.129. The summed E-state index contributed by atoms with van der Waals surface area (Å²) in [5.74, 6) is 0. The Morgan fingerprint density at radius 2 is 1.95 bits per heavy atom. The van der Waals surface area contributed by atoms with Crippen LogP contribution in [0, 0.1) is 0 Å². The van der Waals surface area contributed by atoms with Crippen LogP contribution in [0.3, 0.4) is 0 Å². The maximum Gasteiger partial charge on any atom is 0.433 e. The first-order valence-electron chi connectivity index (χ1n) is 6.01. The van der Waals surface area contributed by atoms with Crippen LogP contribution in [0.5, 0.6) is 0 Å². The molecule has 1 atom stereocenters. The monoisotopic (exact) mass is 304 g/mol. The number of rotatable bonds is 3. The van der Waals surface area contributed by atoms with Gasteiger partial charge in [0.1, 0.15) is 23.6 Å². The number of pyridine rings is 1. The van der Waals surface area contributed by atoms with E-state index in [1.807, 2.05) is 0 Å². The molecule has 0 radical (unpaired) electrons. The van der Waals surface area contributed by atoms with Gasteiger partial charge >= 0.3 is 12.3 Å². The van der Waals surface area contributed by atoms with Crippen LogP contribution in [-0.2, 0) is 15.7 Å². The molecule has 0 bridgehead atoms. The van der Waals surface area contributed by atoms with Gasteiger partial charge in [-0.1, -0.05) is 6.07 Å². The van der Waals surface area contributed by atoms with E-state index in [4.69, 9.17) is 4.74 Å². The summed E-state index contributed by atoms with van der Waals surface area (Å²) in [5.41, 5.74) is -1.70. The molecule has 0 aliphatic heterocycles. The zero-order valence-electron chi connectivity index (χ0n) is 11.7. The molecule has 21 heavy (non-hydrogen) atoms. The Labute approximate surface area is 119 Å². The predicted octanol–water partition coefficient (Wildman–Crippen LogP) is 2.87. The summed E-state index contributed by atoms with van der Waals surface area (Å²) >= 11 is 0. The third-order valence-corrected chi connectivity index (χ3v) is 2.24. The van der Waals surface area contributed by atoms with Crippen LogP contribution in [-0.4, -0.2) is 23.0 Å². The fraction of sp³-hybridized carbons (Fsp3) is 0.462. The molecule has 0 saturated carbocycles. The molecule has 0 spiro atoms. The second kappa shape index (κ2) is 6.11. The van der Waals surface area contributed by atoms with E-state index in [-0.39, 0.29) is 5.56 Å². The second-order valence-corrected chi connectivity index (χ2v) is 5.23. The number of alkyl carbamates (subject to hydrolysis) is 1. The minimum Gasteiger partial charge on any atom is -0.444 e. The van der Waals surface area contributed by atoms with Crippen molar-refractivity contribution in [2.45, 2.75) is 38.6 Å². The number of aldehydes is 1. The van der Waals surface area contributed by atoms with E-state index in [1.54, 1.807) is 20.8 Å². The standard InChI is InChI=1S/C13H15F3N2O3/c1-12(2,3)21-11(20)18-9(7-19)8-4-5-10(17-6-8)13(14,15)16/h4-7,9H,1-3H3,(H,18,20). The largest absolute Gasteiger partial charge is 0.444 e. The van der Waals surface area contributed by atoms with Crippen molar-refractivity contribution in [3.63, 3.8) is 0 Å². The number of halogens is 3. The quantitative estimate of drug-likeness (QED) is 0.872. The highest BCUT2D eigenvalue weighted by Gasteiger charge is 2.32. The number of hydrogen-bond acceptors (Lipinski definition) is 4. The van der Waals surface area contributed by atoms with Crippen molar-refractivity contribution >= 4 is 12.4 Å². The van der Waals surface area contributed by atoms with E-state index < -0.39 is 29.6 Å². The van der Waals surface area contributed by atoms with E-state index in [0.717, 1.165) is 18.3 Å². The second-order valence-electron chi connectivity index (χ2n) is 5.23. The lowest BCUT2D eigenvalue weighted by atomic mass is 10.1. The van der Waals surface area contributed by atoms with Crippen molar-refractivity contribution in [1.29, 1.82) is 0 Å². The average molecular weight is 304 g/mol. The first kappa shape index (κ1) is 16.9. The summed E-state index contributed by atoms with van der Waals surface area (Å²) in [4.78, 5) is 25.7. The first-order chi connectivity index (χ1) is 9.53. The van der Waals surface area contributed by atoms with Crippen molar-refractivity contribution in [3.8, 4) is 0 Å². The third-order valence-electron chi connectivity index (χ3n) is 2.24. The predicted molar refractivity (Wildman–Crippen MR) is 67.4 cm³/mol. The van der Waals surface area contributed by atoms with Gasteiger partial charge < -0.3 is 14.8 Å². The van der Waals surface area contributed by atoms with Crippen LogP contribution in [0.2, 0.25) is 0 Å². The van der Waals surface area contributed by atoms with Crippen LogP contribution >= 0.6 is 0 Å². The van der Waals surface area contributed by atoms with Gasteiger partial charge in [-0.2, -0.15) is 13.2 Å². The molecule has 0 aromatic carbocycles. The first-order valence-corrected chi connectivity index (χ1v) is 6.01. The lowest BCUT2D eigenvalue weighted by Crippen LogP contribution is -2.35. The maximum atomic E-state index is 12.4. The molecule has 0 saturated heterocycles. The Bertz CT molecular complexity index is 507. The van der Waals surface area contributed by atoms with E-state index >= 15 is 0 Å². The highest BCUT2D eigenvalue weighted by atomic mass is 19.4. The van der Waals surface area contributed by atoms with Crippen molar-refractivity contribution in [3.05, 3.63) is 29.6 Å². The SMILES string of the molecule is CC(C)(C)OC(=O)NC(C=O)c1ccc(C(F)(F)F)nc1. The number of aromatic nitrogens is 1. The van der Waals surface area contributed by atoms with Crippen molar-refractivity contribution in [2.75, 3.05) is 0 Å². The molecule has 1 aromatic rings. The Hall–Kier alpha value is -2.12.